The van der Waals surface area contributed by atoms with Gasteiger partial charge < -0.3 is 4.48 Å². The number of likely N-dealkylation sites (tertiary alicyclic amines) is 1. The SMILES string of the molecule is CCCC[N+]1(CCC)CCCCCC1.I. The fraction of sp³-hybridized carbons (Fsp3) is 1.00. The quantitative estimate of drug-likeness (QED) is 0.524. The molecule has 0 unspecified atom stereocenters. The van der Waals surface area contributed by atoms with E-state index >= 15 is 0 Å². The van der Waals surface area contributed by atoms with Crippen molar-refractivity contribution in [3.63, 3.8) is 0 Å². The highest BCUT2D eigenvalue weighted by molar-refractivity contribution is 14.0. The average Bonchev–Trinajstić information content (AvgIpc) is 2.42. The number of nitrogens with zero attached hydrogens (tertiary/aromatic N) is 1. The fourth-order valence-corrected chi connectivity index (χ4v) is 2.89. The van der Waals surface area contributed by atoms with Gasteiger partial charge in [-0.2, -0.15) is 0 Å². The first-order valence-electron chi connectivity index (χ1n) is 6.68. The molecule has 0 aromatic rings. The maximum Gasteiger partial charge on any atom is 0.0786 e. The maximum absolute atomic E-state index is 2.34. The minimum absolute atomic E-state index is 0. The van der Waals surface area contributed by atoms with E-state index in [0.717, 1.165) is 0 Å². The summed E-state index contributed by atoms with van der Waals surface area (Å²) in [6.45, 7) is 10.5. The van der Waals surface area contributed by atoms with Crippen LogP contribution in [0.2, 0.25) is 0 Å². The van der Waals surface area contributed by atoms with E-state index in [1.54, 1.807) is 0 Å². The molecule has 0 aromatic heterocycles. The molecule has 1 nitrogen and oxygen atoms in total. The number of rotatable bonds is 5. The van der Waals surface area contributed by atoms with Crippen molar-refractivity contribution >= 4 is 24.0 Å². The lowest BCUT2D eigenvalue weighted by Crippen LogP contribution is -2.49. The van der Waals surface area contributed by atoms with Gasteiger partial charge in [-0.15, -0.1) is 24.0 Å². The Morgan fingerprint density at radius 2 is 1.40 bits per heavy atom. The van der Waals surface area contributed by atoms with Crippen LogP contribution in [0.15, 0.2) is 0 Å². The molecule has 1 aliphatic heterocycles. The van der Waals surface area contributed by atoms with E-state index in [0.29, 0.717) is 0 Å². The summed E-state index contributed by atoms with van der Waals surface area (Å²) in [4.78, 5) is 0. The highest BCUT2D eigenvalue weighted by Crippen LogP contribution is 2.20. The third-order valence-electron chi connectivity index (χ3n) is 3.70. The predicted octanol–water partition coefficient (Wildman–Crippen LogP) is 4.21. The Bertz CT molecular complexity index is 139. The van der Waals surface area contributed by atoms with Gasteiger partial charge in [0.1, 0.15) is 0 Å². The first-order chi connectivity index (χ1) is 6.83. The molecule has 0 amide bonds. The van der Waals surface area contributed by atoms with E-state index < -0.39 is 0 Å². The number of halogens is 1. The van der Waals surface area contributed by atoms with Gasteiger partial charge in [0, 0.05) is 0 Å². The van der Waals surface area contributed by atoms with Crippen LogP contribution < -0.4 is 0 Å². The molecule has 15 heavy (non-hydrogen) atoms. The van der Waals surface area contributed by atoms with Gasteiger partial charge in [-0.3, -0.25) is 0 Å². The van der Waals surface area contributed by atoms with Gasteiger partial charge in [-0.1, -0.05) is 20.3 Å². The Morgan fingerprint density at radius 3 is 1.87 bits per heavy atom. The van der Waals surface area contributed by atoms with Crippen LogP contribution in [0.1, 0.15) is 58.8 Å². The van der Waals surface area contributed by atoms with E-state index in [-0.39, 0.29) is 24.0 Å². The van der Waals surface area contributed by atoms with E-state index in [1.165, 1.54) is 75.6 Å². The summed E-state index contributed by atoms with van der Waals surface area (Å²) >= 11 is 0. The largest absolute Gasteiger partial charge is 0.324 e. The second-order valence-corrected chi connectivity index (χ2v) is 5.00. The maximum atomic E-state index is 2.34. The number of unbranched alkanes of at least 4 members (excludes halogenated alkanes) is 1. The van der Waals surface area contributed by atoms with Crippen molar-refractivity contribution in [1.29, 1.82) is 0 Å². The summed E-state index contributed by atoms with van der Waals surface area (Å²) in [5.41, 5.74) is 0. The molecule has 0 saturated carbocycles. The molecule has 0 N–H and O–H groups in total. The van der Waals surface area contributed by atoms with Crippen molar-refractivity contribution in [2.24, 2.45) is 0 Å². The highest BCUT2D eigenvalue weighted by Gasteiger charge is 2.26. The van der Waals surface area contributed by atoms with Gasteiger partial charge in [0.05, 0.1) is 26.2 Å². The van der Waals surface area contributed by atoms with Crippen LogP contribution in [0.25, 0.3) is 0 Å². The van der Waals surface area contributed by atoms with Crippen LogP contribution in [-0.4, -0.2) is 30.7 Å². The summed E-state index contributed by atoms with van der Waals surface area (Å²) in [6.07, 6.45) is 10.1. The molecule has 0 aliphatic carbocycles. The zero-order chi connectivity index (χ0) is 10.3. The minimum atomic E-state index is 0. The van der Waals surface area contributed by atoms with Gasteiger partial charge in [0.25, 0.3) is 0 Å². The normalized spacial score (nSPS) is 20.4. The van der Waals surface area contributed by atoms with Crippen LogP contribution in [0.5, 0.6) is 0 Å². The molecule has 0 spiro atoms. The van der Waals surface area contributed by atoms with Gasteiger partial charge in [-0.25, -0.2) is 0 Å². The third kappa shape index (κ3) is 5.53. The molecule has 0 bridgehead atoms. The molecule has 1 fully saturated rings. The van der Waals surface area contributed by atoms with E-state index in [1.807, 2.05) is 0 Å². The molecule has 1 heterocycles. The lowest BCUT2D eigenvalue weighted by molar-refractivity contribution is -0.927. The first-order valence-corrected chi connectivity index (χ1v) is 6.68. The molecule has 1 saturated heterocycles. The Labute approximate surface area is 113 Å². The van der Waals surface area contributed by atoms with Crippen molar-refractivity contribution < 1.29 is 4.48 Å². The van der Waals surface area contributed by atoms with E-state index in [4.69, 9.17) is 0 Å². The van der Waals surface area contributed by atoms with Gasteiger partial charge >= 0.3 is 0 Å². The van der Waals surface area contributed by atoms with Crippen molar-refractivity contribution in [2.45, 2.75) is 58.8 Å². The minimum Gasteiger partial charge on any atom is -0.324 e. The van der Waals surface area contributed by atoms with Gasteiger partial charge in [0.2, 0.25) is 0 Å². The van der Waals surface area contributed by atoms with Crippen LogP contribution in [-0.2, 0) is 0 Å². The summed E-state index contributed by atoms with van der Waals surface area (Å²) in [5, 5.41) is 0. The summed E-state index contributed by atoms with van der Waals surface area (Å²) in [7, 11) is 0. The standard InChI is InChI=1S/C13H28N.HI/c1-3-5-11-14(10-4-2)12-8-6-7-9-13-14;/h3-13H2,1-2H3;1H/q+1;. The highest BCUT2D eigenvalue weighted by atomic mass is 127. The van der Waals surface area contributed by atoms with Crippen molar-refractivity contribution in [3.8, 4) is 0 Å². The topological polar surface area (TPSA) is 0 Å². The van der Waals surface area contributed by atoms with Crippen molar-refractivity contribution in [2.75, 3.05) is 26.2 Å². The van der Waals surface area contributed by atoms with Crippen LogP contribution in [0, 0.1) is 0 Å². The van der Waals surface area contributed by atoms with Gasteiger partial charge in [-0.05, 0) is 38.5 Å². The number of hydrogen-bond acceptors (Lipinski definition) is 0. The van der Waals surface area contributed by atoms with E-state index in [2.05, 4.69) is 13.8 Å². The van der Waals surface area contributed by atoms with Crippen molar-refractivity contribution in [1.82, 2.24) is 0 Å². The average molecular weight is 326 g/mol. The fourth-order valence-electron chi connectivity index (χ4n) is 2.89. The Hall–Kier alpha value is 0.690. The second-order valence-electron chi connectivity index (χ2n) is 5.00. The van der Waals surface area contributed by atoms with Gasteiger partial charge in [0.15, 0.2) is 0 Å². The zero-order valence-electron chi connectivity index (χ0n) is 10.6. The molecule has 92 valence electrons. The monoisotopic (exact) mass is 326 g/mol. The molecule has 2 heteroatoms. The molecule has 1 rings (SSSR count). The zero-order valence-corrected chi connectivity index (χ0v) is 13.0. The molecule has 1 aliphatic rings. The molecular formula is C13H29IN+. The second kappa shape index (κ2) is 8.80. The lowest BCUT2D eigenvalue weighted by atomic mass is 10.2. The Morgan fingerprint density at radius 1 is 0.800 bits per heavy atom. The molecular weight excluding hydrogens is 297 g/mol. The van der Waals surface area contributed by atoms with Crippen LogP contribution >= 0.6 is 24.0 Å². The smallest absolute Gasteiger partial charge is 0.0786 e. The summed E-state index contributed by atoms with van der Waals surface area (Å²) < 4.78 is 1.45. The van der Waals surface area contributed by atoms with Crippen LogP contribution in [0.4, 0.5) is 0 Å². The Balaban J connectivity index is 0.00000196. The molecule has 0 aromatic carbocycles. The molecule has 0 atom stereocenters. The third-order valence-corrected chi connectivity index (χ3v) is 3.70. The number of hydrogen-bond donors (Lipinski definition) is 0. The summed E-state index contributed by atoms with van der Waals surface area (Å²) in [5.74, 6) is 0. The van der Waals surface area contributed by atoms with Crippen LogP contribution in [0.3, 0.4) is 0 Å². The number of quaternary nitrogens is 1. The van der Waals surface area contributed by atoms with Crippen molar-refractivity contribution in [3.05, 3.63) is 0 Å². The predicted molar refractivity (Wildman–Crippen MR) is 78.8 cm³/mol. The Kier molecular flexibility index (Phi) is 9.20. The summed E-state index contributed by atoms with van der Waals surface area (Å²) in [6, 6.07) is 0. The molecule has 0 radical (unpaired) electrons. The lowest BCUT2D eigenvalue weighted by Gasteiger charge is -2.37. The first kappa shape index (κ1) is 15.7. The van der Waals surface area contributed by atoms with E-state index in [9.17, 15) is 0 Å².